The largest absolute Gasteiger partial charge is 0.395 e. The van der Waals surface area contributed by atoms with Crippen LogP contribution in [-0.4, -0.2) is 56.2 Å². The molecule has 4 aromatic rings. The number of fused-ring (bicyclic) bond motifs is 2. The molecule has 0 spiro atoms. The number of likely N-dealkylation sites (N-methyl/N-ethyl adjacent to an activating group) is 1. The van der Waals surface area contributed by atoms with Crippen molar-refractivity contribution in [2.45, 2.75) is 19.5 Å². The lowest BCUT2D eigenvalue weighted by Gasteiger charge is -2.18. The van der Waals surface area contributed by atoms with Gasteiger partial charge in [-0.15, -0.1) is 6.58 Å². The van der Waals surface area contributed by atoms with E-state index in [-0.39, 0.29) is 12.2 Å². The summed E-state index contributed by atoms with van der Waals surface area (Å²) in [5, 5.41) is 16.4. The second-order valence-electron chi connectivity index (χ2n) is 8.47. The molecule has 0 fully saturated rings. The van der Waals surface area contributed by atoms with Crippen molar-refractivity contribution in [2.24, 2.45) is 0 Å². The topological polar surface area (TPSA) is 113 Å². The van der Waals surface area contributed by atoms with Crippen LogP contribution in [0.25, 0.3) is 16.7 Å². The number of aliphatic hydroxyl groups is 1. The van der Waals surface area contributed by atoms with Crippen LogP contribution < -0.4 is 21.1 Å². The predicted molar refractivity (Wildman–Crippen MR) is 137 cm³/mol. The fourth-order valence-corrected chi connectivity index (χ4v) is 4.34. The Bertz CT molecular complexity index is 1440. The van der Waals surface area contributed by atoms with E-state index < -0.39 is 0 Å². The SMILES string of the molecule is C=CCn1c(=O)c2cnc(Nc3ccc4c(c3)CNCC4)nc2n1-c1ccnc(N(C)CCO)c1. The van der Waals surface area contributed by atoms with Crippen LogP contribution in [0.1, 0.15) is 11.1 Å². The van der Waals surface area contributed by atoms with E-state index in [4.69, 9.17) is 4.98 Å². The Labute approximate surface area is 202 Å². The Hall–Kier alpha value is -4.02. The number of benzene rings is 1. The molecule has 1 aliphatic rings. The van der Waals surface area contributed by atoms with Gasteiger partial charge in [-0.1, -0.05) is 12.1 Å². The van der Waals surface area contributed by atoms with Crippen LogP contribution in [0.4, 0.5) is 17.5 Å². The zero-order chi connectivity index (χ0) is 24.4. The third-order valence-corrected chi connectivity index (χ3v) is 6.13. The maximum absolute atomic E-state index is 13.2. The molecule has 4 heterocycles. The molecular weight excluding hydrogens is 444 g/mol. The smallest absolute Gasteiger partial charge is 0.278 e. The molecule has 3 aromatic heterocycles. The molecule has 0 bridgehead atoms. The number of nitrogens with one attached hydrogen (secondary N) is 2. The monoisotopic (exact) mass is 472 g/mol. The number of hydrogen-bond donors (Lipinski definition) is 3. The number of aliphatic hydroxyl groups excluding tert-OH is 1. The summed E-state index contributed by atoms with van der Waals surface area (Å²) in [4.78, 5) is 28.6. The average Bonchev–Trinajstić information content (AvgIpc) is 3.15. The van der Waals surface area contributed by atoms with E-state index in [1.807, 2.05) is 30.1 Å². The fraction of sp³-hybridized carbons (Fsp3) is 0.280. The average molecular weight is 473 g/mol. The number of rotatable bonds is 8. The molecule has 3 N–H and O–H groups in total. The lowest BCUT2D eigenvalue weighted by Crippen LogP contribution is -2.24. The van der Waals surface area contributed by atoms with E-state index in [9.17, 15) is 9.90 Å². The van der Waals surface area contributed by atoms with E-state index in [1.165, 1.54) is 11.1 Å². The molecule has 0 saturated heterocycles. The summed E-state index contributed by atoms with van der Waals surface area (Å²) in [6, 6.07) is 9.95. The van der Waals surface area contributed by atoms with Crippen molar-refractivity contribution in [1.29, 1.82) is 0 Å². The lowest BCUT2D eigenvalue weighted by atomic mass is 10.0. The van der Waals surface area contributed by atoms with Crippen LogP contribution >= 0.6 is 0 Å². The molecule has 35 heavy (non-hydrogen) atoms. The lowest BCUT2D eigenvalue weighted by molar-refractivity contribution is 0.304. The minimum Gasteiger partial charge on any atom is -0.395 e. The van der Waals surface area contributed by atoms with Crippen LogP contribution in [0.3, 0.4) is 0 Å². The van der Waals surface area contributed by atoms with Crippen molar-refractivity contribution in [2.75, 3.05) is 37.0 Å². The maximum Gasteiger partial charge on any atom is 0.278 e. The molecule has 1 aliphatic heterocycles. The Morgan fingerprint density at radius 2 is 2.14 bits per heavy atom. The van der Waals surface area contributed by atoms with Gasteiger partial charge in [0.25, 0.3) is 5.56 Å². The minimum absolute atomic E-state index is 0.0110. The molecule has 0 aliphatic carbocycles. The fourth-order valence-electron chi connectivity index (χ4n) is 4.34. The van der Waals surface area contributed by atoms with Crippen LogP contribution in [0.15, 0.2) is 60.2 Å². The van der Waals surface area contributed by atoms with Gasteiger partial charge in [0.15, 0.2) is 5.65 Å². The van der Waals surface area contributed by atoms with Crippen molar-refractivity contribution < 1.29 is 5.11 Å². The Kier molecular flexibility index (Phi) is 6.30. The van der Waals surface area contributed by atoms with Crippen LogP contribution in [0.2, 0.25) is 0 Å². The number of allylic oxidation sites excluding steroid dienone is 1. The summed E-state index contributed by atoms with van der Waals surface area (Å²) in [5.74, 6) is 1.07. The van der Waals surface area contributed by atoms with E-state index >= 15 is 0 Å². The van der Waals surface area contributed by atoms with Gasteiger partial charge in [0.05, 0.1) is 18.8 Å². The van der Waals surface area contributed by atoms with E-state index in [1.54, 1.807) is 27.8 Å². The van der Waals surface area contributed by atoms with Crippen molar-refractivity contribution in [3.63, 3.8) is 0 Å². The highest BCUT2D eigenvalue weighted by molar-refractivity contribution is 5.77. The first-order valence-corrected chi connectivity index (χ1v) is 11.6. The van der Waals surface area contributed by atoms with Gasteiger partial charge in [-0.05, 0) is 42.3 Å². The van der Waals surface area contributed by atoms with E-state index in [0.717, 1.165) is 30.9 Å². The second-order valence-corrected chi connectivity index (χ2v) is 8.47. The first kappa shape index (κ1) is 22.8. The van der Waals surface area contributed by atoms with E-state index in [0.29, 0.717) is 35.9 Å². The van der Waals surface area contributed by atoms with Crippen LogP contribution in [-0.2, 0) is 19.5 Å². The minimum atomic E-state index is -0.201. The molecule has 0 saturated carbocycles. The highest BCUT2D eigenvalue weighted by atomic mass is 16.3. The molecular formula is C25H28N8O2. The first-order valence-electron chi connectivity index (χ1n) is 11.6. The molecule has 0 amide bonds. The number of anilines is 3. The molecule has 5 rings (SSSR count). The molecule has 0 unspecified atom stereocenters. The standard InChI is InChI=1S/C25H28N8O2/c1-3-10-32-24(35)21-16-28-25(29-19-5-4-17-6-8-26-15-18(17)13-19)30-23(21)33(32)20-7-9-27-22(14-20)31(2)11-12-34/h3-5,7,9,13-14,16,26,34H,1,6,8,10-12,15H2,2H3,(H,28,29,30). The van der Waals surface area contributed by atoms with Crippen molar-refractivity contribution in [1.82, 2.24) is 29.6 Å². The first-order chi connectivity index (χ1) is 17.1. The summed E-state index contributed by atoms with van der Waals surface area (Å²) in [5.41, 5.74) is 4.50. The summed E-state index contributed by atoms with van der Waals surface area (Å²) in [7, 11) is 1.85. The van der Waals surface area contributed by atoms with Gasteiger partial charge in [-0.25, -0.2) is 19.3 Å². The van der Waals surface area contributed by atoms with Crippen molar-refractivity contribution in [3.8, 4) is 5.69 Å². The maximum atomic E-state index is 13.2. The van der Waals surface area contributed by atoms with Gasteiger partial charge < -0.3 is 20.6 Å². The van der Waals surface area contributed by atoms with Gasteiger partial charge in [0.2, 0.25) is 5.95 Å². The summed E-state index contributed by atoms with van der Waals surface area (Å²) in [6.07, 6.45) is 5.92. The van der Waals surface area contributed by atoms with Gasteiger partial charge in [0.1, 0.15) is 11.2 Å². The van der Waals surface area contributed by atoms with Gasteiger partial charge in [-0.2, -0.15) is 4.98 Å². The predicted octanol–water partition coefficient (Wildman–Crippen LogP) is 1.98. The molecule has 0 radical (unpaired) electrons. The molecule has 10 heteroatoms. The molecule has 180 valence electrons. The third-order valence-electron chi connectivity index (χ3n) is 6.13. The normalized spacial score (nSPS) is 13.0. The van der Waals surface area contributed by atoms with Gasteiger partial charge >= 0.3 is 0 Å². The van der Waals surface area contributed by atoms with Crippen molar-refractivity contribution in [3.05, 3.63) is 76.9 Å². The highest BCUT2D eigenvalue weighted by Gasteiger charge is 2.18. The molecule has 1 aromatic carbocycles. The number of aromatic nitrogens is 5. The van der Waals surface area contributed by atoms with Crippen LogP contribution in [0, 0.1) is 0 Å². The molecule has 10 nitrogen and oxygen atoms in total. The number of nitrogens with zero attached hydrogens (tertiary/aromatic N) is 6. The Morgan fingerprint density at radius 3 is 2.97 bits per heavy atom. The van der Waals surface area contributed by atoms with Gasteiger partial charge in [0, 0.05) is 44.3 Å². The number of hydrogen-bond acceptors (Lipinski definition) is 8. The van der Waals surface area contributed by atoms with Crippen LogP contribution in [0.5, 0.6) is 0 Å². The van der Waals surface area contributed by atoms with E-state index in [2.05, 4.69) is 39.3 Å². The van der Waals surface area contributed by atoms with Crippen molar-refractivity contribution >= 4 is 28.5 Å². The summed E-state index contributed by atoms with van der Waals surface area (Å²) in [6.45, 7) is 6.39. The number of pyridine rings is 1. The zero-order valence-corrected chi connectivity index (χ0v) is 19.6. The summed E-state index contributed by atoms with van der Waals surface area (Å²) >= 11 is 0. The quantitative estimate of drug-likeness (QED) is 0.334. The highest BCUT2D eigenvalue weighted by Crippen LogP contribution is 2.23. The second kappa shape index (κ2) is 9.69. The molecule has 0 atom stereocenters. The Morgan fingerprint density at radius 1 is 1.26 bits per heavy atom. The van der Waals surface area contributed by atoms with Gasteiger partial charge in [-0.3, -0.25) is 4.79 Å². The third kappa shape index (κ3) is 4.41. The zero-order valence-electron chi connectivity index (χ0n) is 19.6. The Balaban J connectivity index is 1.59. The summed E-state index contributed by atoms with van der Waals surface area (Å²) < 4.78 is 3.34.